The lowest BCUT2D eigenvalue weighted by Crippen LogP contribution is -3.00. The van der Waals surface area contributed by atoms with Crippen LogP contribution in [0.3, 0.4) is 0 Å². The van der Waals surface area contributed by atoms with Crippen molar-refractivity contribution in [3.63, 3.8) is 0 Å². The maximum Gasteiger partial charge on any atom is 0.245 e. The maximum absolute atomic E-state index is 11.2. The first kappa shape index (κ1) is 15.2. The molecule has 102 valence electrons. The van der Waals surface area contributed by atoms with Crippen LogP contribution in [0.1, 0.15) is 12.0 Å². The highest BCUT2D eigenvalue weighted by molar-refractivity contribution is 5.88. The molecular weight excluding hydrogens is 266 g/mol. The van der Waals surface area contributed by atoms with E-state index in [0.717, 1.165) is 16.9 Å². The minimum Gasteiger partial charge on any atom is -1.00 e. The number of hydrogen-bond acceptors (Lipinski definition) is 3. The predicted molar refractivity (Wildman–Crippen MR) is 68.9 cm³/mol. The van der Waals surface area contributed by atoms with Crippen molar-refractivity contribution in [1.29, 1.82) is 0 Å². The van der Waals surface area contributed by atoms with Crippen LogP contribution in [0.5, 0.6) is 5.75 Å². The second-order valence-electron chi connectivity index (χ2n) is 3.94. The van der Waals surface area contributed by atoms with Crippen molar-refractivity contribution in [3.05, 3.63) is 35.4 Å². The van der Waals surface area contributed by atoms with E-state index in [9.17, 15) is 4.79 Å². The van der Waals surface area contributed by atoms with Gasteiger partial charge in [-0.3, -0.25) is 4.79 Å². The smallest absolute Gasteiger partial charge is 0.245 e. The third kappa shape index (κ3) is 4.39. The lowest BCUT2D eigenvalue weighted by molar-refractivity contribution is -0.366. The average molecular weight is 282 g/mol. The van der Waals surface area contributed by atoms with Gasteiger partial charge in [0.15, 0.2) is 0 Å². The Bertz CT molecular complexity index is 500. The Morgan fingerprint density at radius 2 is 2.26 bits per heavy atom. The van der Waals surface area contributed by atoms with Crippen LogP contribution in [0, 0.1) is 0 Å². The number of amides is 1. The van der Waals surface area contributed by atoms with Crippen molar-refractivity contribution in [2.24, 2.45) is 5.10 Å². The molecule has 0 unspecified atom stereocenters. The first-order valence-corrected chi connectivity index (χ1v) is 5.83. The molecule has 6 heteroatoms. The van der Waals surface area contributed by atoms with Crippen LogP contribution in [0.2, 0.25) is 0 Å². The summed E-state index contributed by atoms with van der Waals surface area (Å²) in [4.78, 5) is 11.2. The number of hydrogen-bond donors (Lipinski definition) is 2. The summed E-state index contributed by atoms with van der Waals surface area (Å²) in [7, 11) is 0. The Labute approximate surface area is 117 Å². The highest BCUT2D eigenvalue weighted by Crippen LogP contribution is 2.24. The maximum atomic E-state index is 11.2. The second-order valence-corrected chi connectivity index (χ2v) is 3.94. The number of nitrogens with zero attached hydrogens (tertiary/aromatic N) is 1. The molecule has 0 aromatic heterocycles. The largest absolute Gasteiger partial charge is 1.00 e. The fraction of sp³-hybridized carbons (Fsp3) is 0.231. The summed E-state index contributed by atoms with van der Waals surface area (Å²) in [6, 6.07) is 7.79. The number of para-hydroxylation sites is 1. The van der Waals surface area contributed by atoms with E-state index < -0.39 is 0 Å². The molecule has 1 heterocycles. The summed E-state index contributed by atoms with van der Waals surface area (Å²) in [5.74, 6) is 0.745. The SMILES string of the molecule is [Cl-].[NH3+]CCC(=O)NN=CC1=Cc2ccccc2OC1. The Morgan fingerprint density at radius 3 is 3.05 bits per heavy atom. The van der Waals surface area contributed by atoms with Crippen molar-refractivity contribution in [2.45, 2.75) is 6.42 Å². The lowest BCUT2D eigenvalue weighted by Gasteiger charge is -2.15. The Balaban J connectivity index is 0.00000180. The van der Waals surface area contributed by atoms with Crippen molar-refractivity contribution in [1.82, 2.24) is 5.43 Å². The first-order chi connectivity index (χ1) is 8.79. The van der Waals surface area contributed by atoms with Crippen LogP contribution < -0.4 is 28.3 Å². The Hall–Kier alpha value is -1.85. The van der Waals surface area contributed by atoms with Gasteiger partial charge in [0.25, 0.3) is 0 Å². The van der Waals surface area contributed by atoms with Crippen LogP contribution in [-0.4, -0.2) is 25.3 Å². The molecule has 0 atom stereocenters. The van der Waals surface area contributed by atoms with Crippen molar-refractivity contribution in [2.75, 3.05) is 13.2 Å². The van der Waals surface area contributed by atoms with Gasteiger partial charge < -0.3 is 22.9 Å². The van der Waals surface area contributed by atoms with E-state index in [1.165, 1.54) is 0 Å². The number of ether oxygens (including phenoxy) is 1. The summed E-state index contributed by atoms with van der Waals surface area (Å²) < 4.78 is 5.56. The minimum absolute atomic E-state index is 0. The molecule has 0 saturated heterocycles. The minimum atomic E-state index is -0.126. The molecule has 19 heavy (non-hydrogen) atoms. The van der Waals surface area contributed by atoms with Gasteiger partial charge in [0.1, 0.15) is 12.4 Å². The third-order valence-electron chi connectivity index (χ3n) is 2.48. The van der Waals surface area contributed by atoms with Crippen LogP contribution in [0.15, 0.2) is 34.9 Å². The summed E-state index contributed by atoms with van der Waals surface area (Å²) >= 11 is 0. The third-order valence-corrected chi connectivity index (χ3v) is 2.48. The second kappa shape index (κ2) is 7.56. The molecule has 1 amide bonds. The van der Waals surface area contributed by atoms with Gasteiger partial charge in [-0.15, -0.1) is 0 Å². The number of quaternary nitrogens is 1. The molecule has 0 radical (unpaired) electrons. The number of rotatable bonds is 4. The van der Waals surface area contributed by atoms with E-state index in [0.29, 0.717) is 19.6 Å². The molecule has 0 bridgehead atoms. The molecule has 1 aromatic carbocycles. The Kier molecular flexibility index (Phi) is 6.05. The topological polar surface area (TPSA) is 78.3 Å². The number of carbonyl (C=O) groups excluding carboxylic acids is 1. The summed E-state index contributed by atoms with van der Waals surface area (Å²) in [6.45, 7) is 1.03. The first-order valence-electron chi connectivity index (χ1n) is 5.83. The predicted octanol–water partition coefficient (Wildman–Crippen LogP) is -2.80. The van der Waals surface area contributed by atoms with Crippen LogP contribution in [-0.2, 0) is 4.79 Å². The van der Waals surface area contributed by atoms with E-state index in [-0.39, 0.29) is 18.3 Å². The van der Waals surface area contributed by atoms with Gasteiger partial charge in [0.05, 0.1) is 19.2 Å². The monoisotopic (exact) mass is 281 g/mol. The van der Waals surface area contributed by atoms with E-state index in [1.54, 1.807) is 6.21 Å². The molecule has 2 rings (SSSR count). The molecule has 4 N–H and O–H groups in total. The van der Waals surface area contributed by atoms with E-state index in [4.69, 9.17) is 4.74 Å². The highest BCUT2D eigenvalue weighted by Gasteiger charge is 2.08. The summed E-state index contributed by atoms with van der Waals surface area (Å²) in [5, 5.41) is 3.89. The molecule has 0 fully saturated rings. The molecule has 5 nitrogen and oxygen atoms in total. The fourth-order valence-electron chi connectivity index (χ4n) is 1.61. The average Bonchev–Trinajstić information content (AvgIpc) is 2.39. The lowest BCUT2D eigenvalue weighted by atomic mass is 10.1. The van der Waals surface area contributed by atoms with Crippen LogP contribution in [0.25, 0.3) is 6.08 Å². The molecule has 1 aromatic rings. The van der Waals surface area contributed by atoms with Crippen LogP contribution in [0.4, 0.5) is 0 Å². The van der Waals surface area contributed by atoms with Crippen molar-refractivity contribution >= 4 is 18.2 Å². The zero-order valence-electron chi connectivity index (χ0n) is 10.4. The number of hydrazone groups is 1. The zero-order valence-corrected chi connectivity index (χ0v) is 11.2. The molecule has 0 aliphatic carbocycles. The van der Waals surface area contributed by atoms with Gasteiger partial charge in [-0.1, -0.05) is 18.2 Å². The van der Waals surface area contributed by atoms with E-state index >= 15 is 0 Å². The quantitative estimate of drug-likeness (QED) is 0.462. The van der Waals surface area contributed by atoms with Gasteiger partial charge in [0.2, 0.25) is 5.91 Å². The molecular formula is C13H16ClN3O2. The molecule has 0 spiro atoms. The Morgan fingerprint density at radius 1 is 1.47 bits per heavy atom. The van der Waals surface area contributed by atoms with Crippen LogP contribution >= 0.6 is 0 Å². The number of halogens is 1. The van der Waals surface area contributed by atoms with Crippen molar-refractivity contribution < 1.29 is 27.7 Å². The fourth-order valence-corrected chi connectivity index (χ4v) is 1.61. The molecule has 1 aliphatic heterocycles. The van der Waals surface area contributed by atoms with Gasteiger partial charge >= 0.3 is 0 Å². The highest BCUT2D eigenvalue weighted by atomic mass is 35.5. The van der Waals surface area contributed by atoms with Gasteiger partial charge in [-0.05, 0) is 12.1 Å². The van der Waals surface area contributed by atoms with E-state index in [1.807, 2.05) is 30.3 Å². The summed E-state index contributed by atoms with van der Waals surface area (Å²) in [6.07, 6.45) is 3.99. The van der Waals surface area contributed by atoms with E-state index in [2.05, 4.69) is 16.3 Å². The molecule has 0 saturated carbocycles. The van der Waals surface area contributed by atoms with Gasteiger partial charge in [-0.25, -0.2) is 5.43 Å². The number of carbonyl (C=O) groups is 1. The summed E-state index contributed by atoms with van der Waals surface area (Å²) in [5.41, 5.74) is 8.00. The van der Waals surface area contributed by atoms with Gasteiger partial charge in [0, 0.05) is 11.1 Å². The number of nitrogens with one attached hydrogen (secondary N) is 1. The standard InChI is InChI=1S/C13H15N3O2.ClH/c14-6-5-13(17)16-15-8-10-7-11-3-1-2-4-12(11)18-9-10;/h1-4,7-8H,5-6,9,14H2,(H,16,17);1H. The van der Waals surface area contributed by atoms with Gasteiger partial charge in [-0.2, -0.15) is 5.10 Å². The molecule has 1 aliphatic rings. The van der Waals surface area contributed by atoms with Crippen molar-refractivity contribution in [3.8, 4) is 5.75 Å². The number of benzene rings is 1. The zero-order chi connectivity index (χ0) is 12.8. The normalized spacial score (nSPS) is 13.0. The number of fused-ring (bicyclic) bond motifs is 1.